The van der Waals surface area contributed by atoms with E-state index in [1.165, 1.54) is 0 Å². The van der Waals surface area contributed by atoms with Gasteiger partial charge in [-0.25, -0.2) is 14.8 Å². The Morgan fingerprint density at radius 2 is 1.70 bits per heavy atom. The first kappa shape index (κ1) is 18.6. The maximum Gasteiger partial charge on any atom is 0.318 e. The van der Waals surface area contributed by atoms with E-state index in [0.717, 1.165) is 5.56 Å². The Kier molecular flexibility index (Phi) is 6.19. The van der Waals surface area contributed by atoms with Crippen LogP contribution in [0, 0.1) is 0 Å². The summed E-state index contributed by atoms with van der Waals surface area (Å²) < 4.78 is 0. The number of hydrogen-bond donors (Lipinski definition) is 2. The minimum atomic E-state index is -0.600. The predicted molar refractivity (Wildman–Crippen MR) is 102 cm³/mol. The summed E-state index contributed by atoms with van der Waals surface area (Å²) in [4.78, 5) is 36.8. The lowest BCUT2D eigenvalue weighted by Crippen LogP contribution is -2.55. The van der Waals surface area contributed by atoms with Crippen molar-refractivity contribution in [2.45, 2.75) is 19.5 Å². The number of anilines is 1. The van der Waals surface area contributed by atoms with Gasteiger partial charge in [0.2, 0.25) is 11.9 Å². The number of nitrogens with zero attached hydrogens (tertiary/aromatic N) is 4. The molecular formula is C19H24N6O2. The van der Waals surface area contributed by atoms with E-state index in [0.29, 0.717) is 38.7 Å². The van der Waals surface area contributed by atoms with Gasteiger partial charge >= 0.3 is 6.03 Å². The van der Waals surface area contributed by atoms with E-state index in [1.807, 2.05) is 35.2 Å². The van der Waals surface area contributed by atoms with Crippen LogP contribution >= 0.6 is 0 Å². The molecule has 0 aliphatic carbocycles. The summed E-state index contributed by atoms with van der Waals surface area (Å²) in [6.45, 7) is 4.56. The van der Waals surface area contributed by atoms with Gasteiger partial charge in [-0.1, -0.05) is 30.3 Å². The summed E-state index contributed by atoms with van der Waals surface area (Å²) in [5.41, 5.74) is 1.02. The number of carbonyl (C=O) groups excluding carboxylic acids is 2. The van der Waals surface area contributed by atoms with Crippen molar-refractivity contribution in [1.29, 1.82) is 0 Å². The van der Waals surface area contributed by atoms with Crippen LogP contribution in [0.3, 0.4) is 0 Å². The molecule has 27 heavy (non-hydrogen) atoms. The van der Waals surface area contributed by atoms with E-state index in [1.54, 1.807) is 30.3 Å². The first-order valence-corrected chi connectivity index (χ1v) is 9.02. The molecule has 8 heteroatoms. The molecule has 0 spiro atoms. The molecule has 1 fully saturated rings. The second kappa shape index (κ2) is 8.98. The molecule has 1 saturated heterocycles. The largest absolute Gasteiger partial charge is 0.350 e. The van der Waals surface area contributed by atoms with Crippen LogP contribution in [0.15, 0.2) is 48.8 Å². The monoisotopic (exact) mass is 368 g/mol. The summed E-state index contributed by atoms with van der Waals surface area (Å²) in [5, 5.41) is 5.60. The third-order valence-electron chi connectivity index (χ3n) is 4.44. The minimum Gasteiger partial charge on any atom is -0.350 e. The van der Waals surface area contributed by atoms with E-state index in [-0.39, 0.29) is 11.9 Å². The molecule has 1 aliphatic rings. The molecule has 0 saturated carbocycles. The number of benzene rings is 1. The van der Waals surface area contributed by atoms with Crippen LogP contribution in [0.4, 0.5) is 10.7 Å². The summed E-state index contributed by atoms with van der Waals surface area (Å²) in [6, 6.07) is 10.6. The molecule has 3 rings (SSSR count). The summed E-state index contributed by atoms with van der Waals surface area (Å²) in [7, 11) is 0. The number of piperazine rings is 1. The fourth-order valence-corrected chi connectivity index (χ4v) is 2.84. The number of aromatic nitrogens is 2. The highest BCUT2D eigenvalue weighted by molar-refractivity contribution is 5.86. The lowest BCUT2D eigenvalue weighted by molar-refractivity contribution is -0.122. The van der Waals surface area contributed by atoms with Crippen molar-refractivity contribution in [2.24, 2.45) is 0 Å². The van der Waals surface area contributed by atoms with E-state index in [9.17, 15) is 9.59 Å². The fourth-order valence-electron chi connectivity index (χ4n) is 2.84. The zero-order chi connectivity index (χ0) is 19.1. The van der Waals surface area contributed by atoms with E-state index in [4.69, 9.17) is 0 Å². The highest BCUT2D eigenvalue weighted by Crippen LogP contribution is 2.09. The quantitative estimate of drug-likeness (QED) is 0.822. The molecule has 2 aromatic rings. The first-order valence-electron chi connectivity index (χ1n) is 9.02. The van der Waals surface area contributed by atoms with Crippen molar-refractivity contribution in [1.82, 2.24) is 25.5 Å². The molecule has 1 aromatic carbocycles. The number of carbonyl (C=O) groups is 2. The van der Waals surface area contributed by atoms with Gasteiger partial charge in [-0.05, 0) is 18.6 Å². The predicted octanol–water partition coefficient (Wildman–Crippen LogP) is 1.01. The van der Waals surface area contributed by atoms with Gasteiger partial charge in [0.15, 0.2) is 0 Å². The smallest absolute Gasteiger partial charge is 0.318 e. The molecule has 0 unspecified atom stereocenters. The van der Waals surface area contributed by atoms with Crippen molar-refractivity contribution in [3.63, 3.8) is 0 Å². The Labute approximate surface area is 158 Å². The van der Waals surface area contributed by atoms with E-state index >= 15 is 0 Å². The van der Waals surface area contributed by atoms with Crippen LogP contribution in [0.25, 0.3) is 0 Å². The standard InChI is InChI=1S/C19H24N6O2/c1-15(17(26)22-14-16-6-3-2-4-7-16)23-19(27)25-12-10-24(11-13-25)18-20-8-5-9-21-18/h2-9,15H,10-14H2,1H3,(H,22,26)(H,23,27)/t15-/m1/s1. The van der Waals surface area contributed by atoms with E-state index < -0.39 is 6.04 Å². The van der Waals surface area contributed by atoms with Crippen LogP contribution in [0.1, 0.15) is 12.5 Å². The fraction of sp³-hybridized carbons (Fsp3) is 0.368. The van der Waals surface area contributed by atoms with Crippen LogP contribution in [0.5, 0.6) is 0 Å². The van der Waals surface area contributed by atoms with Gasteiger partial charge in [0.1, 0.15) is 6.04 Å². The second-order valence-electron chi connectivity index (χ2n) is 6.40. The Bertz CT molecular complexity index is 747. The molecule has 1 atom stereocenters. The van der Waals surface area contributed by atoms with Crippen molar-refractivity contribution in [3.05, 3.63) is 54.4 Å². The molecule has 1 aromatic heterocycles. The zero-order valence-electron chi connectivity index (χ0n) is 15.3. The zero-order valence-corrected chi connectivity index (χ0v) is 15.3. The maximum atomic E-state index is 12.4. The average Bonchev–Trinajstić information content (AvgIpc) is 2.73. The van der Waals surface area contributed by atoms with Gasteiger partial charge < -0.3 is 20.4 Å². The molecule has 1 aliphatic heterocycles. The topological polar surface area (TPSA) is 90.5 Å². The molecule has 8 nitrogen and oxygen atoms in total. The normalized spacial score (nSPS) is 15.1. The number of nitrogens with one attached hydrogen (secondary N) is 2. The van der Waals surface area contributed by atoms with Crippen molar-refractivity contribution in [2.75, 3.05) is 31.1 Å². The number of urea groups is 1. The van der Waals surface area contributed by atoms with Crippen LogP contribution in [0.2, 0.25) is 0 Å². The van der Waals surface area contributed by atoms with Gasteiger partial charge in [-0.3, -0.25) is 4.79 Å². The SMILES string of the molecule is C[C@@H](NC(=O)N1CCN(c2ncccn2)CC1)C(=O)NCc1ccccc1. The Morgan fingerprint density at radius 1 is 1.04 bits per heavy atom. The molecule has 3 amide bonds. The second-order valence-corrected chi connectivity index (χ2v) is 6.40. The van der Waals surface area contributed by atoms with E-state index in [2.05, 4.69) is 20.6 Å². The molecule has 0 radical (unpaired) electrons. The Hall–Kier alpha value is -3.16. The van der Waals surface area contributed by atoms with Crippen molar-refractivity contribution >= 4 is 17.9 Å². The van der Waals surface area contributed by atoms with Gasteiger partial charge in [0.05, 0.1) is 0 Å². The molecular weight excluding hydrogens is 344 g/mol. The summed E-state index contributed by atoms with van der Waals surface area (Å²) >= 11 is 0. The average molecular weight is 368 g/mol. The Balaban J connectivity index is 1.42. The number of amides is 3. The Morgan fingerprint density at radius 3 is 2.37 bits per heavy atom. The highest BCUT2D eigenvalue weighted by Gasteiger charge is 2.24. The van der Waals surface area contributed by atoms with Gasteiger partial charge in [0.25, 0.3) is 0 Å². The van der Waals surface area contributed by atoms with Crippen molar-refractivity contribution in [3.8, 4) is 0 Å². The van der Waals surface area contributed by atoms with Crippen LogP contribution in [-0.2, 0) is 11.3 Å². The van der Waals surface area contributed by atoms with Crippen LogP contribution < -0.4 is 15.5 Å². The minimum absolute atomic E-state index is 0.205. The summed E-state index contributed by atoms with van der Waals surface area (Å²) in [5.74, 6) is 0.467. The first-order chi connectivity index (χ1) is 13.1. The molecule has 0 bridgehead atoms. The van der Waals surface area contributed by atoms with Crippen molar-refractivity contribution < 1.29 is 9.59 Å². The third-order valence-corrected chi connectivity index (χ3v) is 4.44. The van der Waals surface area contributed by atoms with Gasteiger partial charge in [-0.2, -0.15) is 0 Å². The van der Waals surface area contributed by atoms with Crippen LogP contribution in [-0.4, -0.2) is 59.0 Å². The lowest BCUT2D eigenvalue weighted by Gasteiger charge is -2.35. The van der Waals surface area contributed by atoms with Gasteiger partial charge in [-0.15, -0.1) is 0 Å². The third kappa shape index (κ3) is 5.16. The highest BCUT2D eigenvalue weighted by atomic mass is 16.2. The number of rotatable bonds is 5. The number of hydrogen-bond acceptors (Lipinski definition) is 5. The summed E-state index contributed by atoms with van der Waals surface area (Å²) in [6.07, 6.45) is 3.41. The maximum absolute atomic E-state index is 12.4. The molecule has 2 heterocycles. The molecule has 2 N–H and O–H groups in total. The molecule has 142 valence electrons. The lowest BCUT2D eigenvalue weighted by atomic mass is 10.2. The van der Waals surface area contributed by atoms with Gasteiger partial charge in [0, 0.05) is 45.1 Å².